The van der Waals surface area contributed by atoms with Gasteiger partial charge in [0, 0.05) is 17.1 Å². The van der Waals surface area contributed by atoms with Crippen LogP contribution in [0.4, 0.5) is 0 Å². The number of aryl methyl sites for hydroxylation is 2. The van der Waals surface area contributed by atoms with Gasteiger partial charge in [0.25, 0.3) is 0 Å². The summed E-state index contributed by atoms with van der Waals surface area (Å²) in [5, 5.41) is 15.8. The fourth-order valence-electron chi connectivity index (χ4n) is 2.76. The molecule has 28 heavy (non-hydrogen) atoms. The molecule has 2 amide bonds. The highest BCUT2D eigenvalue weighted by Crippen LogP contribution is 2.26. The zero-order chi connectivity index (χ0) is 20.7. The van der Waals surface area contributed by atoms with E-state index in [0.717, 1.165) is 5.56 Å². The Bertz CT molecular complexity index is 827. The molecule has 0 saturated heterocycles. The largest absolute Gasteiger partial charge is 0.507 e. The van der Waals surface area contributed by atoms with Crippen LogP contribution in [0.1, 0.15) is 30.0 Å². The monoisotopic (exact) mass is 403 g/mol. The Kier molecular flexibility index (Phi) is 7.84. The van der Waals surface area contributed by atoms with Gasteiger partial charge in [-0.15, -0.1) is 0 Å². The Morgan fingerprint density at radius 2 is 1.86 bits per heavy atom. The van der Waals surface area contributed by atoms with E-state index in [2.05, 4.69) is 10.6 Å². The van der Waals surface area contributed by atoms with Crippen molar-refractivity contribution in [1.82, 2.24) is 10.6 Å². The molecule has 0 radical (unpaired) electrons. The summed E-state index contributed by atoms with van der Waals surface area (Å²) in [5.74, 6) is -0.662. The van der Waals surface area contributed by atoms with Crippen molar-refractivity contribution in [3.8, 4) is 5.75 Å². The fourth-order valence-corrected chi connectivity index (χ4v) is 3.05. The molecule has 2 aromatic rings. The van der Waals surface area contributed by atoms with E-state index in [1.54, 1.807) is 26.0 Å². The molecule has 0 aliphatic rings. The molecule has 0 unspecified atom stereocenters. The number of phenolic OH excluding ortho intramolecular Hbond substituents is 1. The molecule has 2 aromatic carbocycles. The van der Waals surface area contributed by atoms with Crippen molar-refractivity contribution in [2.45, 2.75) is 45.3 Å². The number of aromatic hydroxyl groups is 1. The molecule has 0 spiro atoms. The molecule has 7 heteroatoms. The number of nitrogens with one attached hydrogen (secondary N) is 2. The number of halogens is 1. The number of benzene rings is 2. The first kappa shape index (κ1) is 21.7. The summed E-state index contributed by atoms with van der Waals surface area (Å²) < 4.78 is 0. The van der Waals surface area contributed by atoms with E-state index in [1.807, 2.05) is 30.3 Å². The summed E-state index contributed by atoms with van der Waals surface area (Å²) in [4.78, 5) is 24.5. The van der Waals surface area contributed by atoms with E-state index in [9.17, 15) is 14.7 Å². The van der Waals surface area contributed by atoms with Crippen LogP contribution < -0.4 is 16.4 Å². The number of hydrogen-bond acceptors (Lipinski definition) is 4. The van der Waals surface area contributed by atoms with E-state index in [0.29, 0.717) is 29.0 Å². The van der Waals surface area contributed by atoms with Crippen molar-refractivity contribution < 1.29 is 14.7 Å². The number of rotatable bonds is 8. The predicted octanol–water partition coefficient (Wildman–Crippen LogP) is 2.44. The maximum absolute atomic E-state index is 12.3. The summed E-state index contributed by atoms with van der Waals surface area (Å²) >= 11 is 5.98. The SMILES string of the molecule is Cc1cc(Cl)cc(CNC(=O)[C@H](C)NC(=O)[C@H](N)CCc2ccccc2)c1O. The Labute approximate surface area is 170 Å². The van der Waals surface area contributed by atoms with Crippen LogP contribution in [0.2, 0.25) is 5.02 Å². The Morgan fingerprint density at radius 3 is 2.54 bits per heavy atom. The number of carbonyl (C=O) groups excluding carboxylic acids is 2. The van der Waals surface area contributed by atoms with Crippen LogP contribution in [-0.4, -0.2) is 29.0 Å². The van der Waals surface area contributed by atoms with E-state index in [4.69, 9.17) is 17.3 Å². The van der Waals surface area contributed by atoms with Gasteiger partial charge in [-0.2, -0.15) is 0 Å². The van der Waals surface area contributed by atoms with Crippen LogP contribution in [0, 0.1) is 6.92 Å². The van der Waals surface area contributed by atoms with Crippen molar-refractivity contribution in [2.24, 2.45) is 5.73 Å². The summed E-state index contributed by atoms with van der Waals surface area (Å²) in [6, 6.07) is 11.5. The summed E-state index contributed by atoms with van der Waals surface area (Å²) in [5.41, 5.74) is 8.18. The molecular formula is C21H26ClN3O3. The summed E-state index contributed by atoms with van der Waals surface area (Å²) in [6.07, 6.45) is 1.17. The Balaban J connectivity index is 1.81. The van der Waals surface area contributed by atoms with Crippen LogP contribution in [0.25, 0.3) is 0 Å². The van der Waals surface area contributed by atoms with Crippen molar-refractivity contribution in [1.29, 1.82) is 0 Å². The van der Waals surface area contributed by atoms with Crippen molar-refractivity contribution in [3.05, 3.63) is 64.2 Å². The molecule has 150 valence electrons. The number of amides is 2. The van der Waals surface area contributed by atoms with Gasteiger partial charge in [0.05, 0.1) is 6.04 Å². The number of carbonyl (C=O) groups is 2. The molecule has 2 rings (SSSR count). The first-order chi connectivity index (χ1) is 13.3. The third-order valence-corrected chi connectivity index (χ3v) is 4.69. The molecule has 2 atom stereocenters. The average Bonchev–Trinajstić information content (AvgIpc) is 2.68. The minimum absolute atomic E-state index is 0.0873. The standard InChI is InChI=1S/C21H26ClN3O3/c1-13-10-17(22)11-16(19(13)26)12-24-20(27)14(2)25-21(28)18(23)9-8-15-6-4-3-5-7-15/h3-7,10-11,14,18,26H,8-9,12,23H2,1-2H3,(H,24,27)(H,25,28)/t14-,18+/m0/s1. The Hall–Kier alpha value is -2.57. The zero-order valence-electron chi connectivity index (χ0n) is 16.0. The third-order valence-electron chi connectivity index (χ3n) is 4.47. The van der Waals surface area contributed by atoms with Gasteiger partial charge in [-0.3, -0.25) is 9.59 Å². The molecule has 0 bridgehead atoms. The predicted molar refractivity (Wildman–Crippen MR) is 110 cm³/mol. The van der Waals surface area contributed by atoms with Crippen molar-refractivity contribution in [2.75, 3.05) is 0 Å². The molecule has 5 N–H and O–H groups in total. The molecule has 0 heterocycles. The second kappa shape index (κ2) is 10.1. The van der Waals surface area contributed by atoms with Crippen LogP contribution in [0.15, 0.2) is 42.5 Å². The number of hydrogen-bond donors (Lipinski definition) is 4. The van der Waals surface area contributed by atoms with Gasteiger partial charge >= 0.3 is 0 Å². The molecule has 6 nitrogen and oxygen atoms in total. The van der Waals surface area contributed by atoms with E-state index in [1.165, 1.54) is 0 Å². The third kappa shape index (κ3) is 6.25. The second-order valence-electron chi connectivity index (χ2n) is 6.81. The van der Waals surface area contributed by atoms with Gasteiger partial charge in [0.2, 0.25) is 11.8 Å². The molecule has 0 aliphatic heterocycles. The minimum atomic E-state index is -0.752. The Morgan fingerprint density at radius 1 is 1.18 bits per heavy atom. The molecule has 0 aromatic heterocycles. The van der Waals surface area contributed by atoms with E-state index in [-0.39, 0.29) is 24.1 Å². The maximum Gasteiger partial charge on any atom is 0.242 e. The summed E-state index contributed by atoms with van der Waals surface area (Å²) in [7, 11) is 0. The molecule has 0 aliphatic carbocycles. The van der Waals surface area contributed by atoms with E-state index < -0.39 is 12.1 Å². The molecule has 0 fully saturated rings. The van der Waals surface area contributed by atoms with Crippen LogP contribution >= 0.6 is 11.6 Å². The maximum atomic E-state index is 12.3. The average molecular weight is 404 g/mol. The first-order valence-electron chi connectivity index (χ1n) is 9.13. The highest BCUT2D eigenvalue weighted by molar-refractivity contribution is 6.30. The van der Waals surface area contributed by atoms with Gasteiger partial charge in [-0.25, -0.2) is 0 Å². The van der Waals surface area contributed by atoms with E-state index >= 15 is 0 Å². The van der Waals surface area contributed by atoms with Gasteiger partial charge in [-0.1, -0.05) is 41.9 Å². The van der Waals surface area contributed by atoms with Gasteiger partial charge in [-0.05, 0) is 49.9 Å². The second-order valence-corrected chi connectivity index (χ2v) is 7.25. The lowest BCUT2D eigenvalue weighted by atomic mass is 10.1. The number of phenols is 1. The number of nitrogens with two attached hydrogens (primary N) is 1. The van der Waals surface area contributed by atoms with Crippen LogP contribution in [0.5, 0.6) is 5.75 Å². The summed E-state index contributed by atoms with van der Waals surface area (Å²) in [6.45, 7) is 3.42. The lowest BCUT2D eigenvalue weighted by Gasteiger charge is -2.18. The van der Waals surface area contributed by atoms with Gasteiger partial charge < -0.3 is 21.5 Å². The lowest BCUT2D eigenvalue weighted by Crippen LogP contribution is -2.50. The lowest BCUT2D eigenvalue weighted by molar-refractivity contribution is -0.129. The quantitative estimate of drug-likeness (QED) is 0.543. The zero-order valence-corrected chi connectivity index (χ0v) is 16.8. The first-order valence-corrected chi connectivity index (χ1v) is 9.51. The fraction of sp³-hybridized carbons (Fsp3) is 0.333. The topological polar surface area (TPSA) is 104 Å². The molecule has 0 saturated carbocycles. The van der Waals surface area contributed by atoms with Crippen molar-refractivity contribution in [3.63, 3.8) is 0 Å². The molecular weight excluding hydrogens is 378 g/mol. The van der Waals surface area contributed by atoms with Crippen LogP contribution in [-0.2, 0) is 22.6 Å². The smallest absolute Gasteiger partial charge is 0.242 e. The highest BCUT2D eigenvalue weighted by atomic mass is 35.5. The minimum Gasteiger partial charge on any atom is -0.507 e. The van der Waals surface area contributed by atoms with Crippen LogP contribution in [0.3, 0.4) is 0 Å². The van der Waals surface area contributed by atoms with Gasteiger partial charge in [0.15, 0.2) is 0 Å². The van der Waals surface area contributed by atoms with Crippen molar-refractivity contribution >= 4 is 23.4 Å². The highest BCUT2D eigenvalue weighted by Gasteiger charge is 2.20. The van der Waals surface area contributed by atoms with Gasteiger partial charge in [0.1, 0.15) is 11.8 Å². The normalized spacial score (nSPS) is 12.9.